The average Bonchev–Trinajstić information content (AvgIpc) is 2.45. The van der Waals surface area contributed by atoms with E-state index in [0.29, 0.717) is 11.3 Å². The lowest BCUT2D eigenvalue weighted by molar-refractivity contribution is -0.137. The first-order chi connectivity index (χ1) is 9.82. The second-order valence-corrected chi connectivity index (χ2v) is 4.61. The summed E-state index contributed by atoms with van der Waals surface area (Å²) in [4.78, 5) is 12.4. The van der Waals surface area contributed by atoms with E-state index in [9.17, 15) is 18.0 Å². The number of benzene rings is 2. The van der Waals surface area contributed by atoms with Crippen molar-refractivity contribution >= 4 is 5.78 Å². The van der Waals surface area contributed by atoms with Crippen molar-refractivity contribution in [1.82, 2.24) is 0 Å². The van der Waals surface area contributed by atoms with E-state index in [1.54, 1.807) is 18.2 Å². The molecule has 0 N–H and O–H groups in total. The van der Waals surface area contributed by atoms with E-state index in [1.165, 1.54) is 19.2 Å². The summed E-state index contributed by atoms with van der Waals surface area (Å²) < 4.78 is 42.7. The van der Waals surface area contributed by atoms with Gasteiger partial charge >= 0.3 is 6.18 Å². The van der Waals surface area contributed by atoms with Gasteiger partial charge in [-0.3, -0.25) is 4.79 Å². The second-order valence-electron chi connectivity index (χ2n) is 4.61. The van der Waals surface area contributed by atoms with Crippen LogP contribution in [0.3, 0.4) is 0 Å². The number of ether oxygens (including phenoxy) is 1. The van der Waals surface area contributed by atoms with Crippen molar-refractivity contribution in [3.8, 4) is 5.75 Å². The van der Waals surface area contributed by atoms with Gasteiger partial charge < -0.3 is 4.74 Å². The summed E-state index contributed by atoms with van der Waals surface area (Å²) in [7, 11) is 1.44. The van der Waals surface area contributed by atoms with Crippen molar-refractivity contribution in [3.05, 3.63) is 64.7 Å². The number of alkyl halides is 3. The summed E-state index contributed by atoms with van der Waals surface area (Å²) in [6.07, 6.45) is -4.41. The molecular weight excluding hydrogens is 281 g/mol. The molecule has 2 aromatic rings. The molecule has 0 bridgehead atoms. The number of ketones is 1. The molecule has 0 aliphatic heterocycles. The molecule has 0 heterocycles. The monoisotopic (exact) mass is 294 g/mol. The van der Waals surface area contributed by atoms with Crippen LogP contribution in [0.15, 0.2) is 42.5 Å². The molecule has 0 saturated heterocycles. The van der Waals surface area contributed by atoms with E-state index in [0.717, 1.165) is 17.7 Å². The molecule has 0 atom stereocenters. The predicted molar refractivity (Wildman–Crippen MR) is 72.6 cm³/mol. The highest BCUT2D eigenvalue weighted by atomic mass is 19.4. The molecular formula is C16H13F3O2. The molecule has 21 heavy (non-hydrogen) atoms. The number of aryl methyl sites for hydroxylation is 1. The number of hydrogen-bond donors (Lipinski definition) is 0. The van der Waals surface area contributed by atoms with Gasteiger partial charge in [-0.05, 0) is 31.2 Å². The molecule has 0 unspecified atom stereocenters. The third-order valence-electron chi connectivity index (χ3n) is 3.07. The minimum Gasteiger partial charge on any atom is -0.496 e. The van der Waals surface area contributed by atoms with Gasteiger partial charge in [0.05, 0.1) is 18.2 Å². The quantitative estimate of drug-likeness (QED) is 0.791. The van der Waals surface area contributed by atoms with Crippen molar-refractivity contribution in [2.75, 3.05) is 7.11 Å². The zero-order valence-corrected chi connectivity index (χ0v) is 11.5. The lowest BCUT2D eigenvalue weighted by Gasteiger charge is -2.10. The van der Waals surface area contributed by atoms with Crippen LogP contribution in [-0.2, 0) is 6.18 Å². The number of hydrogen-bond acceptors (Lipinski definition) is 2. The summed E-state index contributed by atoms with van der Waals surface area (Å²) in [5, 5.41) is 0. The van der Waals surface area contributed by atoms with Gasteiger partial charge in [0, 0.05) is 5.56 Å². The van der Waals surface area contributed by atoms with Crippen molar-refractivity contribution in [1.29, 1.82) is 0 Å². The molecule has 0 fully saturated rings. The Labute approximate surface area is 120 Å². The van der Waals surface area contributed by atoms with Crippen molar-refractivity contribution in [2.24, 2.45) is 0 Å². The topological polar surface area (TPSA) is 26.3 Å². The fourth-order valence-electron chi connectivity index (χ4n) is 1.97. The smallest absolute Gasteiger partial charge is 0.416 e. The largest absolute Gasteiger partial charge is 0.496 e. The van der Waals surface area contributed by atoms with Crippen LogP contribution in [0.25, 0.3) is 0 Å². The molecule has 0 aliphatic carbocycles. The molecule has 0 radical (unpaired) electrons. The van der Waals surface area contributed by atoms with Gasteiger partial charge in [0.2, 0.25) is 0 Å². The zero-order valence-electron chi connectivity index (χ0n) is 11.5. The molecule has 2 aromatic carbocycles. The van der Waals surface area contributed by atoms with Gasteiger partial charge in [-0.25, -0.2) is 0 Å². The third-order valence-corrected chi connectivity index (χ3v) is 3.07. The Bertz CT molecular complexity index is 658. The Hall–Kier alpha value is -2.30. The molecule has 0 aromatic heterocycles. The van der Waals surface area contributed by atoms with Crippen LogP contribution < -0.4 is 4.74 Å². The number of methoxy groups -OCH3 is 1. The van der Waals surface area contributed by atoms with Gasteiger partial charge in [0.25, 0.3) is 0 Å². The summed E-state index contributed by atoms with van der Waals surface area (Å²) in [6.45, 7) is 1.82. The van der Waals surface area contributed by atoms with Crippen molar-refractivity contribution < 1.29 is 22.7 Å². The maximum Gasteiger partial charge on any atom is 0.416 e. The van der Waals surface area contributed by atoms with E-state index in [1.807, 2.05) is 6.92 Å². The highest BCUT2D eigenvalue weighted by molar-refractivity contribution is 6.10. The summed E-state index contributed by atoms with van der Waals surface area (Å²) in [6, 6.07) is 9.25. The first kappa shape index (κ1) is 15.1. The Morgan fingerprint density at radius 3 is 2.19 bits per heavy atom. The van der Waals surface area contributed by atoms with Crippen molar-refractivity contribution in [3.63, 3.8) is 0 Å². The van der Waals surface area contributed by atoms with Gasteiger partial charge in [-0.15, -0.1) is 0 Å². The average molecular weight is 294 g/mol. The van der Waals surface area contributed by atoms with Crippen LogP contribution in [0.4, 0.5) is 13.2 Å². The second kappa shape index (κ2) is 5.60. The van der Waals surface area contributed by atoms with E-state index < -0.39 is 11.7 Å². The lowest BCUT2D eigenvalue weighted by Crippen LogP contribution is -2.07. The molecule has 0 amide bonds. The van der Waals surface area contributed by atoms with Crippen molar-refractivity contribution in [2.45, 2.75) is 13.1 Å². The number of halogens is 3. The summed E-state index contributed by atoms with van der Waals surface area (Å²) >= 11 is 0. The lowest BCUT2D eigenvalue weighted by atomic mass is 9.99. The Balaban J connectivity index is 2.39. The number of rotatable bonds is 3. The van der Waals surface area contributed by atoms with Crippen LogP contribution in [-0.4, -0.2) is 12.9 Å². The van der Waals surface area contributed by atoms with Crippen LogP contribution in [0.2, 0.25) is 0 Å². The number of carbonyl (C=O) groups excluding carboxylic acids is 1. The van der Waals surface area contributed by atoms with E-state index in [2.05, 4.69) is 0 Å². The molecule has 2 nitrogen and oxygen atoms in total. The van der Waals surface area contributed by atoms with E-state index >= 15 is 0 Å². The molecule has 0 aliphatic rings. The van der Waals surface area contributed by atoms with Gasteiger partial charge in [-0.1, -0.05) is 23.8 Å². The first-order valence-electron chi connectivity index (χ1n) is 6.19. The third kappa shape index (κ3) is 3.24. The Kier molecular flexibility index (Phi) is 4.02. The molecule has 110 valence electrons. The number of carbonyl (C=O) groups is 1. The molecule has 0 saturated carbocycles. The van der Waals surface area contributed by atoms with Crippen LogP contribution in [0.1, 0.15) is 27.0 Å². The fourth-order valence-corrected chi connectivity index (χ4v) is 1.97. The van der Waals surface area contributed by atoms with Crippen LogP contribution >= 0.6 is 0 Å². The van der Waals surface area contributed by atoms with Gasteiger partial charge in [0.1, 0.15) is 5.75 Å². The predicted octanol–water partition coefficient (Wildman–Crippen LogP) is 4.25. The molecule has 2 rings (SSSR count). The standard InChI is InChI=1S/C16H13F3O2/c1-10-3-8-14(21-2)13(9-10)15(20)11-4-6-12(7-5-11)16(17,18)19/h3-9H,1-2H3. The van der Waals surface area contributed by atoms with Gasteiger partial charge in [-0.2, -0.15) is 13.2 Å². The fraction of sp³-hybridized carbons (Fsp3) is 0.188. The first-order valence-corrected chi connectivity index (χ1v) is 6.19. The summed E-state index contributed by atoms with van der Waals surface area (Å²) in [5.41, 5.74) is 0.602. The highest BCUT2D eigenvalue weighted by Gasteiger charge is 2.30. The Morgan fingerprint density at radius 1 is 1.05 bits per heavy atom. The van der Waals surface area contributed by atoms with Gasteiger partial charge in [0.15, 0.2) is 5.78 Å². The van der Waals surface area contributed by atoms with Crippen LogP contribution in [0.5, 0.6) is 5.75 Å². The maximum absolute atomic E-state index is 12.5. The van der Waals surface area contributed by atoms with Crippen LogP contribution in [0, 0.1) is 6.92 Å². The zero-order chi connectivity index (χ0) is 15.6. The molecule has 0 spiro atoms. The Morgan fingerprint density at radius 2 is 1.67 bits per heavy atom. The minimum atomic E-state index is -4.41. The minimum absolute atomic E-state index is 0.187. The maximum atomic E-state index is 12.5. The van der Waals surface area contributed by atoms with E-state index in [4.69, 9.17) is 4.74 Å². The summed E-state index contributed by atoms with van der Waals surface area (Å²) in [5.74, 6) is 0.0229. The van der Waals surface area contributed by atoms with E-state index in [-0.39, 0.29) is 11.3 Å². The SMILES string of the molecule is COc1ccc(C)cc1C(=O)c1ccc(C(F)(F)F)cc1. The normalized spacial score (nSPS) is 11.3. The highest BCUT2D eigenvalue weighted by Crippen LogP contribution is 2.30. The molecule has 5 heteroatoms.